The topological polar surface area (TPSA) is 84.2 Å². The monoisotopic (exact) mass is 391 g/mol. The number of piperidine rings is 1. The summed E-state index contributed by atoms with van der Waals surface area (Å²) in [4.78, 5) is 23.2. The fourth-order valence-electron chi connectivity index (χ4n) is 3.59. The first-order valence-corrected chi connectivity index (χ1v) is 10.1. The highest BCUT2D eigenvalue weighted by Crippen LogP contribution is 2.23. The van der Waals surface area contributed by atoms with Crippen LogP contribution in [0.4, 0.5) is 5.82 Å². The average molecular weight is 391 g/mol. The van der Waals surface area contributed by atoms with E-state index >= 15 is 0 Å². The van der Waals surface area contributed by atoms with Crippen LogP contribution in [0.2, 0.25) is 0 Å². The molecule has 1 saturated heterocycles. The second-order valence-electron chi connectivity index (χ2n) is 7.24. The van der Waals surface area contributed by atoms with E-state index in [1.165, 1.54) is 19.3 Å². The number of aryl methyl sites for hydroxylation is 2. The van der Waals surface area contributed by atoms with Gasteiger partial charge in [-0.15, -0.1) is 0 Å². The van der Waals surface area contributed by atoms with Crippen molar-refractivity contribution in [1.82, 2.24) is 20.4 Å². The number of nitrogens with one attached hydrogen (secondary N) is 1. The second-order valence-corrected chi connectivity index (χ2v) is 7.24. The van der Waals surface area contributed by atoms with Gasteiger partial charge in [0.15, 0.2) is 0 Å². The number of anilines is 1. The molecular weight excluding hydrogens is 366 g/mol. The number of hydrogen-bond donors (Lipinski definition) is 1. The molecule has 4 rings (SSSR count). The minimum atomic E-state index is -0.0888. The van der Waals surface area contributed by atoms with E-state index in [0.29, 0.717) is 23.7 Å². The molecule has 0 unspecified atom stereocenters. The summed E-state index contributed by atoms with van der Waals surface area (Å²) in [6.07, 6.45) is 6.85. The Morgan fingerprint density at radius 2 is 2.00 bits per heavy atom. The number of rotatable bonds is 6. The lowest BCUT2D eigenvalue weighted by atomic mass is 10.1. The van der Waals surface area contributed by atoms with Gasteiger partial charge in [0.05, 0.1) is 0 Å². The molecule has 0 saturated carbocycles. The number of nitrogens with zero attached hydrogens (tertiary/aromatic N) is 4. The molecule has 7 heteroatoms. The molecule has 1 amide bonds. The van der Waals surface area contributed by atoms with Crippen molar-refractivity contribution in [2.24, 2.45) is 0 Å². The van der Waals surface area contributed by atoms with Gasteiger partial charge in [-0.1, -0.05) is 17.3 Å². The summed E-state index contributed by atoms with van der Waals surface area (Å²) in [5.74, 6) is 2.05. The van der Waals surface area contributed by atoms with Gasteiger partial charge in [0.2, 0.25) is 11.7 Å². The molecule has 1 aromatic carbocycles. The lowest BCUT2D eigenvalue weighted by Crippen LogP contribution is -2.30. The Hall–Kier alpha value is -3.22. The summed E-state index contributed by atoms with van der Waals surface area (Å²) in [5.41, 5.74) is 2.62. The number of carbonyl (C=O) groups excluding carboxylic acids is 1. The summed E-state index contributed by atoms with van der Waals surface area (Å²) in [7, 11) is 1.63. The summed E-state index contributed by atoms with van der Waals surface area (Å²) in [6, 6.07) is 11.5. The van der Waals surface area contributed by atoms with Gasteiger partial charge in [0, 0.05) is 43.9 Å². The highest BCUT2D eigenvalue weighted by Gasteiger charge is 2.15. The van der Waals surface area contributed by atoms with E-state index in [0.717, 1.165) is 36.5 Å². The van der Waals surface area contributed by atoms with Crippen LogP contribution in [0.3, 0.4) is 0 Å². The van der Waals surface area contributed by atoms with E-state index < -0.39 is 0 Å². The zero-order valence-electron chi connectivity index (χ0n) is 16.6. The Balaban J connectivity index is 1.43. The van der Waals surface area contributed by atoms with E-state index in [4.69, 9.17) is 4.52 Å². The van der Waals surface area contributed by atoms with E-state index in [1.807, 2.05) is 30.3 Å². The number of amides is 1. The molecule has 150 valence electrons. The summed E-state index contributed by atoms with van der Waals surface area (Å²) >= 11 is 0. The fourth-order valence-corrected chi connectivity index (χ4v) is 3.59. The molecule has 0 radical (unpaired) electrons. The van der Waals surface area contributed by atoms with Crippen molar-refractivity contribution in [3.05, 3.63) is 59.6 Å². The Kier molecular flexibility index (Phi) is 5.84. The van der Waals surface area contributed by atoms with Crippen molar-refractivity contribution >= 4 is 11.7 Å². The van der Waals surface area contributed by atoms with Gasteiger partial charge in [-0.2, -0.15) is 4.98 Å². The molecule has 0 spiro atoms. The molecule has 2 aromatic heterocycles. The third kappa shape index (κ3) is 4.62. The number of aromatic nitrogens is 3. The standard InChI is InChI=1S/C22H25N5O2/c1-23-22(28)18-7-5-6-16(14-18)8-9-20-25-21(26-29-20)17-10-11-24-19(15-17)27-12-3-2-4-13-27/h5-7,10-11,14-15H,2-4,8-9,12-13H2,1H3,(H,23,28). The Morgan fingerprint density at radius 3 is 2.83 bits per heavy atom. The molecule has 3 aromatic rings. The predicted octanol–water partition coefficient (Wildman–Crippen LogP) is 3.27. The van der Waals surface area contributed by atoms with Gasteiger partial charge >= 0.3 is 0 Å². The molecular formula is C22H25N5O2. The smallest absolute Gasteiger partial charge is 0.251 e. The molecule has 3 heterocycles. The van der Waals surface area contributed by atoms with Crippen molar-refractivity contribution in [3.8, 4) is 11.4 Å². The van der Waals surface area contributed by atoms with E-state index in [9.17, 15) is 4.79 Å². The lowest BCUT2D eigenvalue weighted by molar-refractivity contribution is 0.0963. The minimum Gasteiger partial charge on any atom is -0.357 e. The Bertz CT molecular complexity index is 979. The molecule has 0 aliphatic carbocycles. The van der Waals surface area contributed by atoms with Crippen LogP contribution in [-0.2, 0) is 12.8 Å². The third-order valence-electron chi connectivity index (χ3n) is 5.20. The Labute approximate surface area is 170 Å². The van der Waals surface area contributed by atoms with E-state index in [1.54, 1.807) is 19.3 Å². The van der Waals surface area contributed by atoms with Crippen LogP contribution in [0.1, 0.15) is 41.1 Å². The van der Waals surface area contributed by atoms with Crippen LogP contribution in [0.25, 0.3) is 11.4 Å². The first-order valence-electron chi connectivity index (χ1n) is 10.1. The summed E-state index contributed by atoms with van der Waals surface area (Å²) < 4.78 is 5.45. The zero-order valence-corrected chi connectivity index (χ0v) is 16.6. The van der Waals surface area contributed by atoms with E-state index in [2.05, 4.69) is 25.3 Å². The number of hydrogen-bond acceptors (Lipinski definition) is 6. The quantitative estimate of drug-likeness (QED) is 0.694. The maximum atomic E-state index is 11.8. The highest BCUT2D eigenvalue weighted by molar-refractivity contribution is 5.94. The van der Waals surface area contributed by atoms with Crippen molar-refractivity contribution in [2.45, 2.75) is 32.1 Å². The maximum Gasteiger partial charge on any atom is 0.251 e. The fraction of sp³-hybridized carbons (Fsp3) is 0.364. The zero-order chi connectivity index (χ0) is 20.1. The average Bonchev–Trinajstić information content (AvgIpc) is 3.27. The first-order chi connectivity index (χ1) is 14.2. The van der Waals surface area contributed by atoms with Gasteiger partial charge in [0.25, 0.3) is 5.91 Å². The third-order valence-corrected chi connectivity index (χ3v) is 5.20. The van der Waals surface area contributed by atoms with Crippen molar-refractivity contribution in [3.63, 3.8) is 0 Å². The molecule has 29 heavy (non-hydrogen) atoms. The van der Waals surface area contributed by atoms with Gasteiger partial charge in [0.1, 0.15) is 5.82 Å². The molecule has 7 nitrogen and oxygen atoms in total. The van der Waals surface area contributed by atoms with Crippen LogP contribution >= 0.6 is 0 Å². The Morgan fingerprint density at radius 1 is 1.14 bits per heavy atom. The molecule has 0 bridgehead atoms. The largest absolute Gasteiger partial charge is 0.357 e. The van der Waals surface area contributed by atoms with Crippen LogP contribution in [0.5, 0.6) is 0 Å². The van der Waals surface area contributed by atoms with Gasteiger partial charge < -0.3 is 14.7 Å². The van der Waals surface area contributed by atoms with Crippen LogP contribution in [0.15, 0.2) is 47.1 Å². The van der Waals surface area contributed by atoms with E-state index in [-0.39, 0.29) is 5.91 Å². The SMILES string of the molecule is CNC(=O)c1cccc(CCc2nc(-c3ccnc(N4CCCCC4)c3)no2)c1. The number of benzene rings is 1. The van der Waals surface area contributed by atoms with Crippen molar-refractivity contribution in [1.29, 1.82) is 0 Å². The first kappa shape index (κ1) is 19.1. The molecule has 1 N–H and O–H groups in total. The molecule has 0 atom stereocenters. The number of carbonyl (C=O) groups is 1. The van der Waals surface area contributed by atoms with Crippen molar-refractivity contribution < 1.29 is 9.32 Å². The van der Waals surface area contributed by atoms with Crippen LogP contribution in [0, 0.1) is 0 Å². The van der Waals surface area contributed by atoms with Crippen LogP contribution in [-0.4, -0.2) is 41.2 Å². The molecule has 1 aliphatic rings. The van der Waals surface area contributed by atoms with Crippen LogP contribution < -0.4 is 10.2 Å². The molecule has 1 fully saturated rings. The summed E-state index contributed by atoms with van der Waals surface area (Å²) in [6.45, 7) is 2.09. The molecule has 1 aliphatic heterocycles. The van der Waals surface area contributed by atoms with Crippen molar-refractivity contribution in [2.75, 3.05) is 25.0 Å². The van der Waals surface area contributed by atoms with Gasteiger partial charge in [-0.25, -0.2) is 4.98 Å². The maximum absolute atomic E-state index is 11.8. The number of pyridine rings is 1. The normalized spacial score (nSPS) is 14.0. The highest BCUT2D eigenvalue weighted by atomic mass is 16.5. The summed E-state index contributed by atoms with van der Waals surface area (Å²) in [5, 5.41) is 6.79. The van der Waals surface area contributed by atoms with Gasteiger partial charge in [-0.3, -0.25) is 4.79 Å². The second kappa shape index (κ2) is 8.86. The lowest BCUT2D eigenvalue weighted by Gasteiger charge is -2.27. The predicted molar refractivity (Wildman–Crippen MR) is 111 cm³/mol. The minimum absolute atomic E-state index is 0.0888. The van der Waals surface area contributed by atoms with Gasteiger partial charge in [-0.05, 0) is 55.5 Å².